The number of halogens is 1. The summed E-state index contributed by atoms with van der Waals surface area (Å²) in [5, 5.41) is 1.82. The Morgan fingerprint density at radius 1 is 1.38 bits per heavy atom. The van der Waals surface area contributed by atoms with Crippen LogP contribution >= 0.6 is 11.3 Å². The SMILES string of the molecule is NCC#Cc1csc(CNS(=O)(=O)c2cncc(F)c2)c1. The smallest absolute Gasteiger partial charge is 0.242 e. The number of rotatable bonds is 4. The molecule has 0 aliphatic carbocycles. The molecule has 0 aliphatic heterocycles. The summed E-state index contributed by atoms with van der Waals surface area (Å²) < 4.78 is 39.4. The lowest BCUT2D eigenvalue weighted by molar-refractivity contribution is 0.576. The number of aromatic nitrogens is 1. The Morgan fingerprint density at radius 3 is 2.90 bits per heavy atom. The van der Waals surface area contributed by atoms with Gasteiger partial charge in [0.05, 0.1) is 12.7 Å². The van der Waals surface area contributed by atoms with Gasteiger partial charge < -0.3 is 5.73 Å². The largest absolute Gasteiger partial charge is 0.320 e. The molecule has 0 fully saturated rings. The number of pyridine rings is 1. The molecule has 110 valence electrons. The van der Waals surface area contributed by atoms with Crippen LogP contribution < -0.4 is 10.5 Å². The van der Waals surface area contributed by atoms with Crippen molar-refractivity contribution in [1.82, 2.24) is 9.71 Å². The van der Waals surface area contributed by atoms with Crippen LogP contribution in [0.5, 0.6) is 0 Å². The lowest BCUT2D eigenvalue weighted by Gasteiger charge is -2.04. The van der Waals surface area contributed by atoms with Crippen LogP contribution in [0.1, 0.15) is 10.4 Å². The highest BCUT2D eigenvalue weighted by molar-refractivity contribution is 7.89. The van der Waals surface area contributed by atoms with E-state index >= 15 is 0 Å². The Bertz CT molecular complexity index is 791. The van der Waals surface area contributed by atoms with Crippen LogP contribution in [-0.4, -0.2) is 19.9 Å². The third-order valence-corrected chi connectivity index (χ3v) is 4.72. The zero-order valence-electron chi connectivity index (χ0n) is 10.8. The van der Waals surface area contributed by atoms with Crippen LogP contribution in [-0.2, 0) is 16.6 Å². The fourth-order valence-electron chi connectivity index (χ4n) is 1.48. The second kappa shape index (κ2) is 6.78. The molecule has 0 unspecified atom stereocenters. The molecule has 21 heavy (non-hydrogen) atoms. The molecule has 2 aromatic rings. The molecule has 2 aromatic heterocycles. The summed E-state index contributed by atoms with van der Waals surface area (Å²) in [6.45, 7) is 0.373. The van der Waals surface area contributed by atoms with Crippen LogP contribution in [0.4, 0.5) is 4.39 Å². The van der Waals surface area contributed by atoms with Gasteiger partial charge in [-0.15, -0.1) is 11.3 Å². The highest BCUT2D eigenvalue weighted by atomic mass is 32.2. The van der Waals surface area contributed by atoms with Crippen molar-refractivity contribution >= 4 is 21.4 Å². The van der Waals surface area contributed by atoms with Crippen molar-refractivity contribution in [2.24, 2.45) is 5.73 Å². The summed E-state index contributed by atoms with van der Waals surface area (Å²) in [6, 6.07) is 2.70. The molecule has 3 N–H and O–H groups in total. The van der Waals surface area contributed by atoms with Gasteiger partial charge in [0, 0.05) is 28.6 Å². The van der Waals surface area contributed by atoms with Crippen molar-refractivity contribution in [2.45, 2.75) is 11.4 Å². The Morgan fingerprint density at radius 2 is 2.19 bits per heavy atom. The Balaban J connectivity index is 2.07. The number of thiophene rings is 1. The van der Waals surface area contributed by atoms with Gasteiger partial charge in [-0.1, -0.05) is 11.8 Å². The van der Waals surface area contributed by atoms with E-state index in [9.17, 15) is 12.8 Å². The molecule has 0 amide bonds. The third kappa shape index (κ3) is 4.34. The summed E-state index contributed by atoms with van der Waals surface area (Å²) in [5.41, 5.74) is 6.06. The van der Waals surface area contributed by atoms with E-state index in [1.54, 1.807) is 6.07 Å². The highest BCUT2D eigenvalue weighted by Crippen LogP contribution is 2.15. The minimum absolute atomic E-state index is 0.105. The highest BCUT2D eigenvalue weighted by Gasteiger charge is 2.15. The van der Waals surface area contributed by atoms with Crippen molar-refractivity contribution in [3.8, 4) is 11.8 Å². The van der Waals surface area contributed by atoms with Gasteiger partial charge in [0.15, 0.2) is 0 Å². The molecule has 2 rings (SSSR count). The number of sulfonamides is 1. The normalized spacial score (nSPS) is 11.0. The van der Waals surface area contributed by atoms with Gasteiger partial charge in [-0.3, -0.25) is 4.98 Å². The summed E-state index contributed by atoms with van der Waals surface area (Å²) >= 11 is 1.38. The van der Waals surface area contributed by atoms with Crippen molar-refractivity contribution in [1.29, 1.82) is 0 Å². The number of hydrogen-bond donors (Lipinski definition) is 2. The maximum absolute atomic E-state index is 13.0. The lowest BCUT2D eigenvalue weighted by atomic mass is 10.3. The molecule has 0 saturated heterocycles. The molecule has 8 heteroatoms. The molecule has 0 atom stereocenters. The molecule has 5 nitrogen and oxygen atoms in total. The van der Waals surface area contributed by atoms with E-state index in [1.807, 2.05) is 5.38 Å². The van der Waals surface area contributed by atoms with E-state index in [4.69, 9.17) is 5.73 Å². The van der Waals surface area contributed by atoms with E-state index < -0.39 is 15.8 Å². The van der Waals surface area contributed by atoms with Gasteiger partial charge in [0.2, 0.25) is 10.0 Å². The quantitative estimate of drug-likeness (QED) is 0.824. The van der Waals surface area contributed by atoms with Gasteiger partial charge in [-0.25, -0.2) is 17.5 Å². The van der Waals surface area contributed by atoms with Crippen LogP contribution in [0.2, 0.25) is 0 Å². The van der Waals surface area contributed by atoms with Gasteiger partial charge in [0.1, 0.15) is 10.7 Å². The first-order valence-corrected chi connectivity index (χ1v) is 8.24. The maximum atomic E-state index is 13.0. The fraction of sp³-hybridized carbons (Fsp3) is 0.154. The van der Waals surface area contributed by atoms with Crippen LogP contribution in [0, 0.1) is 17.7 Å². The minimum atomic E-state index is -3.79. The summed E-state index contributed by atoms with van der Waals surface area (Å²) in [4.78, 5) is 4.11. The molecule has 0 bridgehead atoms. The van der Waals surface area contributed by atoms with Gasteiger partial charge in [-0.2, -0.15) is 0 Å². The number of nitrogens with zero attached hydrogens (tertiary/aromatic N) is 1. The van der Waals surface area contributed by atoms with Crippen molar-refractivity contribution in [3.63, 3.8) is 0 Å². The second-order valence-corrected chi connectivity index (χ2v) is 6.73. The van der Waals surface area contributed by atoms with E-state index in [0.717, 1.165) is 28.9 Å². The molecule has 2 heterocycles. The number of nitrogens with one attached hydrogen (secondary N) is 1. The summed E-state index contributed by atoms with van der Waals surface area (Å²) in [6.07, 6.45) is 2.04. The average molecular weight is 325 g/mol. The van der Waals surface area contributed by atoms with Gasteiger partial charge in [-0.05, 0) is 12.1 Å². The monoisotopic (exact) mass is 325 g/mol. The van der Waals surface area contributed by atoms with Gasteiger partial charge >= 0.3 is 0 Å². The summed E-state index contributed by atoms with van der Waals surface area (Å²) in [7, 11) is -3.79. The van der Waals surface area contributed by atoms with E-state index in [-0.39, 0.29) is 18.0 Å². The Labute approximate surface area is 126 Å². The predicted molar refractivity (Wildman–Crippen MR) is 78.5 cm³/mol. The van der Waals surface area contributed by atoms with Crippen molar-refractivity contribution in [2.75, 3.05) is 6.54 Å². The molecule has 0 aromatic carbocycles. The molecular weight excluding hydrogens is 313 g/mol. The molecular formula is C13H12FN3O2S2. The third-order valence-electron chi connectivity index (χ3n) is 2.42. The Kier molecular flexibility index (Phi) is 5.03. The topological polar surface area (TPSA) is 85.1 Å². The number of hydrogen-bond acceptors (Lipinski definition) is 5. The average Bonchev–Trinajstić information content (AvgIpc) is 2.91. The van der Waals surface area contributed by atoms with E-state index in [1.165, 1.54) is 11.3 Å². The lowest BCUT2D eigenvalue weighted by Crippen LogP contribution is -2.23. The first-order valence-electron chi connectivity index (χ1n) is 5.88. The Hall–Kier alpha value is -1.79. The van der Waals surface area contributed by atoms with Crippen molar-refractivity contribution < 1.29 is 12.8 Å². The minimum Gasteiger partial charge on any atom is -0.320 e. The maximum Gasteiger partial charge on any atom is 0.242 e. The zero-order valence-corrected chi connectivity index (χ0v) is 12.5. The van der Waals surface area contributed by atoms with E-state index in [2.05, 4.69) is 21.5 Å². The van der Waals surface area contributed by atoms with Crippen LogP contribution in [0.25, 0.3) is 0 Å². The standard InChI is InChI=1S/C13H12FN3O2S2/c14-11-5-13(8-16-6-11)21(18,19)17-7-12-4-10(9-20-12)2-1-3-15/h4-6,8-9,17H,3,7,15H2. The predicted octanol–water partition coefficient (Wildman–Crippen LogP) is 1.07. The van der Waals surface area contributed by atoms with E-state index in [0.29, 0.717) is 0 Å². The number of nitrogens with two attached hydrogens (primary N) is 1. The van der Waals surface area contributed by atoms with Crippen LogP contribution in [0.3, 0.4) is 0 Å². The second-order valence-electron chi connectivity index (χ2n) is 3.97. The molecule has 0 radical (unpaired) electrons. The summed E-state index contributed by atoms with van der Waals surface area (Å²) in [5.74, 6) is 4.88. The first-order chi connectivity index (χ1) is 10.0. The first kappa shape index (κ1) is 15.6. The zero-order chi connectivity index (χ0) is 15.3. The molecule has 0 spiro atoms. The molecule has 0 aliphatic rings. The van der Waals surface area contributed by atoms with Crippen LogP contribution in [0.15, 0.2) is 34.8 Å². The molecule has 0 saturated carbocycles. The van der Waals surface area contributed by atoms with Gasteiger partial charge in [0.25, 0.3) is 0 Å². The van der Waals surface area contributed by atoms with Crippen molar-refractivity contribution in [3.05, 3.63) is 46.2 Å². The fourth-order valence-corrected chi connectivity index (χ4v) is 3.31.